The average molecular weight is 299 g/mol. The van der Waals surface area contributed by atoms with Gasteiger partial charge in [0.05, 0.1) is 7.11 Å². The van der Waals surface area contributed by atoms with Gasteiger partial charge < -0.3 is 14.7 Å². The maximum atomic E-state index is 11.8. The van der Waals surface area contributed by atoms with Crippen molar-refractivity contribution in [2.24, 2.45) is 0 Å². The number of carboxylic acid groups (broad SMARTS) is 1. The van der Waals surface area contributed by atoms with Crippen LogP contribution in [0.5, 0.6) is 0 Å². The number of para-hydroxylation sites is 1. The summed E-state index contributed by atoms with van der Waals surface area (Å²) in [7, 11) is 1.28. The van der Waals surface area contributed by atoms with Crippen molar-refractivity contribution in [2.45, 2.75) is 6.04 Å². The Bertz CT molecular complexity index is 628. The van der Waals surface area contributed by atoms with Crippen LogP contribution in [-0.4, -0.2) is 30.7 Å². The van der Waals surface area contributed by atoms with E-state index in [1.165, 1.54) is 12.0 Å². The molecule has 5 nitrogen and oxygen atoms in total. The largest absolute Gasteiger partial charge is 0.479 e. The number of nitrogens with zero attached hydrogens (tertiary/aromatic N) is 1. The number of methoxy groups -OCH3 is 1. The lowest BCUT2D eigenvalue weighted by Gasteiger charge is -2.30. The summed E-state index contributed by atoms with van der Waals surface area (Å²) >= 11 is 0. The number of ether oxygens (including phenoxy) is 1. The van der Waals surface area contributed by atoms with Gasteiger partial charge in [-0.1, -0.05) is 48.5 Å². The summed E-state index contributed by atoms with van der Waals surface area (Å²) in [5.41, 5.74) is 1.24. The maximum Gasteiger partial charge on any atom is 0.331 e. The quantitative estimate of drug-likeness (QED) is 0.830. The van der Waals surface area contributed by atoms with Gasteiger partial charge >= 0.3 is 11.9 Å². The SMILES string of the molecule is COC(=O)CN(c1ccccc1)C(C(=O)O)c1ccccc1. The molecule has 5 heteroatoms. The third kappa shape index (κ3) is 3.63. The molecule has 0 aromatic heterocycles. The van der Waals surface area contributed by atoms with Crippen LogP contribution < -0.4 is 4.90 Å². The third-order valence-corrected chi connectivity index (χ3v) is 3.28. The number of benzene rings is 2. The number of carbonyl (C=O) groups excluding carboxylic acids is 1. The summed E-state index contributed by atoms with van der Waals surface area (Å²) in [6, 6.07) is 16.8. The van der Waals surface area contributed by atoms with Gasteiger partial charge in [-0.25, -0.2) is 4.79 Å². The van der Waals surface area contributed by atoms with Crippen LogP contribution in [0.2, 0.25) is 0 Å². The van der Waals surface area contributed by atoms with Crippen LogP contribution in [0.1, 0.15) is 11.6 Å². The fraction of sp³-hybridized carbons (Fsp3) is 0.176. The van der Waals surface area contributed by atoms with Gasteiger partial charge in [-0.15, -0.1) is 0 Å². The molecular formula is C17H17NO4. The van der Waals surface area contributed by atoms with Crippen molar-refractivity contribution in [2.75, 3.05) is 18.6 Å². The predicted molar refractivity (Wildman–Crippen MR) is 82.6 cm³/mol. The van der Waals surface area contributed by atoms with Crippen LogP contribution in [0.4, 0.5) is 5.69 Å². The molecule has 0 saturated carbocycles. The molecule has 0 radical (unpaired) electrons. The van der Waals surface area contributed by atoms with Gasteiger partial charge in [0.1, 0.15) is 6.54 Å². The van der Waals surface area contributed by atoms with Crippen molar-refractivity contribution in [3.8, 4) is 0 Å². The molecule has 0 saturated heterocycles. The molecule has 0 aliphatic carbocycles. The number of aliphatic carboxylic acids is 1. The van der Waals surface area contributed by atoms with E-state index in [-0.39, 0.29) is 6.54 Å². The molecule has 0 aliphatic rings. The first-order valence-corrected chi connectivity index (χ1v) is 6.79. The van der Waals surface area contributed by atoms with Gasteiger partial charge in [0, 0.05) is 5.69 Å². The van der Waals surface area contributed by atoms with E-state index in [1.807, 2.05) is 12.1 Å². The summed E-state index contributed by atoms with van der Waals surface area (Å²) in [6.45, 7) is -0.146. The zero-order chi connectivity index (χ0) is 15.9. The maximum absolute atomic E-state index is 11.8. The number of esters is 1. The van der Waals surface area contributed by atoms with E-state index in [2.05, 4.69) is 0 Å². The van der Waals surface area contributed by atoms with Crippen molar-refractivity contribution in [3.63, 3.8) is 0 Å². The highest BCUT2D eigenvalue weighted by Gasteiger charge is 2.29. The highest BCUT2D eigenvalue weighted by Crippen LogP contribution is 2.27. The molecule has 0 aliphatic heterocycles. The van der Waals surface area contributed by atoms with Gasteiger partial charge in [-0.3, -0.25) is 4.79 Å². The molecule has 1 unspecified atom stereocenters. The molecule has 22 heavy (non-hydrogen) atoms. The highest BCUT2D eigenvalue weighted by atomic mass is 16.5. The highest BCUT2D eigenvalue weighted by molar-refractivity contribution is 5.84. The van der Waals surface area contributed by atoms with Crippen molar-refractivity contribution >= 4 is 17.6 Å². The molecule has 0 bridgehead atoms. The monoisotopic (exact) mass is 299 g/mol. The summed E-state index contributed by atoms with van der Waals surface area (Å²) in [5, 5.41) is 9.65. The van der Waals surface area contributed by atoms with Crippen LogP contribution in [0.15, 0.2) is 60.7 Å². The summed E-state index contributed by atoms with van der Waals surface area (Å²) in [4.78, 5) is 25.0. The van der Waals surface area contributed by atoms with Gasteiger partial charge in [0.25, 0.3) is 0 Å². The second-order valence-corrected chi connectivity index (χ2v) is 4.69. The van der Waals surface area contributed by atoms with Gasteiger partial charge in [-0.05, 0) is 17.7 Å². The molecule has 2 rings (SSSR count). The second-order valence-electron chi connectivity index (χ2n) is 4.69. The van der Waals surface area contributed by atoms with Crippen LogP contribution in [0, 0.1) is 0 Å². The average Bonchev–Trinajstić information content (AvgIpc) is 2.55. The fourth-order valence-electron chi connectivity index (χ4n) is 2.25. The minimum atomic E-state index is -1.03. The van der Waals surface area contributed by atoms with Gasteiger partial charge in [0.2, 0.25) is 0 Å². The lowest BCUT2D eigenvalue weighted by Crippen LogP contribution is -2.38. The molecular weight excluding hydrogens is 282 g/mol. The second kappa shape index (κ2) is 7.26. The lowest BCUT2D eigenvalue weighted by molar-refractivity contribution is -0.140. The van der Waals surface area contributed by atoms with E-state index in [0.29, 0.717) is 11.3 Å². The van der Waals surface area contributed by atoms with Crippen LogP contribution in [-0.2, 0) is 14.3 Å². The summed E-state index contributed by atoms with van der Waals surface area (Å²) in [5.74, 6) is -1.52. The topological polar surface area (TPSA) is 66.8 Å². The Morgan fingerprint density at radius 2 is 1.59 bits per heavy atom. The standard InChI is InChI=1S/C17H17NO4/c1-22-15(19)12-18(14-10-6-3-7-11-14)16(17(20)21)13-8-4-2-5-9-13/h2-11,16H,12H2,1H3,(H,20,21). The van der Waals surface area contributed by atoms with Crippen molar-refractivity contribution < 1.29 is 19.4 Å². The first kappa shape index (κ1) is 15.6. The normalized spacial score (nSPS) is 11.5. The minimum absolute atomic E-state index is 0.146. The Balaban J connectivity index is 2.45. The lowest BCUT2D eigenvalue weighted by atomic mass is 10.0. The van der Waals surface area contributed by atoms with Gasteiger partial charge in [0.15, 0.2) is 6.04 Å². The van der Waals surface area contributed by atoms with E-state index in [0.717, 1.165) is 0 Å². The van der Waals surface area contributed by atoms with E-state index in [9.17, 15) is 14.7 Å². The van der Waals surface area contributed by atoms with Gasteiger partial charge in [-0.2, -0.15) is 0 Å². The van der Waals surface area contributed by atoms with E-state index >= 15 is 0 Å². The molecule has 2 aromatic rings. The van der Waals surface area contributed by atoms with E-state index in [4.69, 9.17) is 4.74 Å². The molecule has 0 fully saturated rings. The summed E-state index contributed by atoms with van der Waals surface area (Å²) in [6.07, 6.45) is 0. The number of anilines is 1. The van der Waals surface area contributed by atoms with Crippen molar-refractivity contribution in [1.82, 2.24) is 0 Å². The Labute approximate surface area is 128 Å². The summed E-state index contributed by atoms with van der Waals surface area (Å²) < 4.78 is 4.69. The Kier molecular flexibility index (Phi) is 5.14. The Hall–Kier alpha value is -2.82. The molecule has 0 spiro atoms. The van der Waals surface area contributed by atoms with E-state index < -0.39 is 18.0 Å². The molecule has 0 heterocycles. The first-order valence-electron chi connectivity index (χ1n) is 6.79. The predicted octanol–water partition coefficient (Wildman–Crippen LogP) is 2.49. The Morgan fingerprint density at radius 3 is 2.09 bits per heavy atom. The third-order valence-electron chi connectivity index (χ3n) is 3.28. The first-order chi connectivity index (χ1) is 10.6. The van der Waals surface area contributed by atoms with Crippen LogP contribution in [0.3, 0.4) is 0 Å². The molecule has 2 aromatic carbocycles. The van der Waals surface area contributed by atoms with Crippen LogP contribution >= 0.6 is 0 Å². The molecule has 1 atom stereocenters. The zero-order valence-corrected chi connectivity index (χ0v) is 12.2. The smallest absolute Gasteiger partial charge is 0.331 e. The number of hydrogen-bond acceptors (Lipinski definition) is 4. The minimum Gasteiger partial charge on any atom is -0.479 e. The molecule has 114 valence electrons. The van der Waals surface area contributed by atoms with Crippen LogP contribution in [0.25, 0.3) is 0 Å². The van der Waals surface area contributed by atoms with Crippen molar-refractivity contribution in [3.05, 3.63) is 66.2 Å². The Morgan fingerprint density at radius 1 is 1.05 bits per heavy atom. The molecule has 0 amide bonds. The fourth-order valence-corrected chi connectivity index (χ4v) is 2.25. The van der Waals surface area contributed by atoms with Crippen molar-refractivity contribution in [1.29, 1.82) is 0 Å². The number of rotatable bonds is 6. The van der Waals surface area contributed by atoms with E-state index in [1.54, 1.807) is 48.5 Å². The number of carboxylic acids is 1. The number of carbonyl (C=O) groups is 2. The number of hydrogen-bond donors (Lipinski definition) is 1. The zero-order valence-electron chi connectivity index (χ0n) is 12.2. The molecule has 1 N–H and O–H groups in total.